The molecule has 0 amide bonds. The van der Waals surface area contributed by atoms with Gasteiger partial charge in [0.1, 0.15) is 12.4 Å². The van der Waals surface area contributed by atoms with E-state index in [-0.39, 0.29) is 12.4 Å². The van der Waals surface area contributed by atoms with Crippen molar-refractivity contribution in [1.29, 1.82) is 0 Å². The van der Waals surface area contributed by atoms with E-state index >= 15 is 0 Å². The van der Waals surface area contributed by atoms with Gasteiger partial charge in [-0.15, -0.1) is 0 Å². The van der Waals surface area contributed by atoms with Gasteiger partial charge in [0, 0.05) is 4.47 Å². The minimum Gasteiger partial charge on any atom is -0.484 e. The summed E-state index contributed by atoms with van der Waals surface area (Å²) >= 11 is 9.27. The van der Waals surface area contributed by atoms with Crippen LogP contribution < -0.4 is 4.74 Å². The highest BCUT2D eigenvalue weighted by Gasteiger charge is 2.07. The first-order valence-corrected chi connectivity index (χ1v) is 5.25. The molecule has 0 radical (unpaired) electrons. The molecular formula is C10H10BrClO2. The predicted octanol–water partition coefficient (Wildman–Crippen LogP) is 3.38. The number of benzene rings is 1. The molecule has 0 bridgehead atoms. The van der Waals surface area contributed by atoms with Crippen LogP contribution in [0.15, 0.2) is 16.6 Å². The lowest BCUT2D eigenvalue weighted by molar-refractivity contribution is -0.118. The summed E-state index contributed by atoms with van der Waals surface area (Å²) in [5.41, 5.74) is 0.908. The molecule has 0 aliphatic rings. The van der Waals surface area contributed by atoms with E-state index < -0.39 is 0 Å². The van der Waals surface area contributed by atoms with Crippen LogP contribution >= 0.6 is 27.5 Å². The summed E-state index contributed by atoms with van der Waals surface area (Å²) in [7, 11) is 0. The van der Waals surface area contributed by atoms with Crippen LogP contribution in [0.1, 0.15) is 12.5 Å². The van der Waals surface area contributed by atoms with E-state index in [1.807, 2.05) is 13.0 Å². The van der Waals surface area contributed by atoms with Crippen LogP contribution in [0.3, 0.4) is 0 Å². The lowest BCUT2D eigenvalue weighted by Gasteiger charge is -2.09. The smallest absolute Gasteiger partial charge is 0.167 e. The molecule has 0 unspecified atom stereocenters. The minimum absolute atomic E-state index is 0.0246. The molecule has 0 N–H and O–H groups in total. The van der Waals surface area contributed by atoms with Crippen molar-refractivity contribution in [2.45, 2.75) is 13.8 Å². The molecule has 0 spiro atoms. The number of aryl methyl sites for hydroxylation is 1. The van der Waals surface area contributed by atoms with Gasteiger partial charge in [-0.3, -0.25) is 4.79 Å². The van der Waals surface area contributed by atoms with E-state index in [1.165, 1.54) is 6.92 Å². The molecule has 0 aliphatic heterocycles. The van der Waals surface area contributed by atoms with Gasteiger partial charge >= 0.3 is 0 Å². The van der Waals surface area contributed by atoms with Gasteiger partial charge in [-0.1, -0.05) is 27.5 Å². The summed E-state index contributed by atoms with van der Waals surface area (Å²) in [6.07, 6.45) is 0. The maximum absolute atomic E-state index is 10.7. The van der Waals surface area contributed by atoms with Crippen molar-refractivity contribution in [2.24, 2.45) is 0 Å². The Bertz CT molecular complexity index is 340. The zero-order valence-corrected chi connectivity index (χ0v) is 10.3. The van der Waals surface area contributed by atoms with Crippen LogP contribution in [0.25, 0.3) is 0 Å². The van der Waals surface area contributed by atoms with Crippen LogP contribution in [0.2, 0.25) is 5.02 Å². The van der Waals surface area contributed by atoms with E-state index in [4.69, 9.17) is 16.3 Å². The standard InChI is InChI=1S/C10H10BrClO2/c1-6-3-8(11)4-9(12)10(6)14-5-7(2)13/h3-4H,5H2,1-2H3. The molecule has 14 heavy (non-hydrogen) atoms. The van der Waals surface area contributed by atoms with Crippen LogP contribution in [-0.4, -0.2) is 12.4 Å². The van der Waals surface area contributed by atoms with Crippen LogP contribution in [-0.2, 0) is 4.79 Å². The fraction of sp³-hybridized carbons (Fsp3) is 0.300. The molecule has 0 saturated heterocycles. The second kappa shape index (κ2) is 4.80. The third-order valence-corrected chi connectivity index (χ3v) is 2.35. The van der Waals surface area contributed by atoms with Crippen molar-refractivity contribution in [3.8, 4) is 5.75 Å². The van der Waals surface area contributed by atoms with E-state index in [0.29, 0.717) is 10.8 Å². The van der Waals surface area contributed by atoms with E-state index in [0.717, 1.165) is 10.0 Å². The summed E-state index contributed by atoms with van der Waals surface area (Å²) in [5.74, 6) is 0.549. The normalized spacial score (nSPS) is 10.0. The number of Topliss-reactive ketones (excluding diaryl/α,β-unsaturated/α-hetero) is 1. The van der Waals surface area contributed by atoms with Crippen molar-refractivity contribution in [3.05, 3.63) is 27.2 Å². The Kier molecular flexibility index (Phi) is 3.96. The highest BCUT2D eigenvalue weighted by molar-refractivity contribution is 9.10. The molecule has 0 heterocycles. The maximum atomic E-state index is 10.7. The zero-order chi connectivity index (χ0) is 10.7. The third-order valence-electron chi connectivity index (χ3n) is 1.61. The average Bonchev–Trinajstić information content (AvgIpc) is 2.01. The summed E-state index contributed by atoms with van der Waals surface area (Å²) in [4.78, 5) is 10.7. The number of rotatable bonds is 3. The molecule has 2 nitrogen and oxygen atoms in total. The summed E-state index contributed by atoms with van der Waals surface area (Å²) in [6, 6.07) is 3.63. The van der Waals surface area contributed by atoms with Gasteiger partial charge in [-0.2, -0.15) is 0 Å². The Hall–Kier alpha value is -0.540. The first-order valence-electron chi connectivity index (χ1n) is 4.08. The van der Waals surface area contributed by atoms with Crippen LogP contribution in [0.4, 0.5) is 0 Å². The second-order valence-electron chi connectivity index (χ2n) is 3.02. The van der Waals surface area contributed by atoms with Gasteiger partial charge in [0.15, 0.2) is 5.78 Å². The van der Waals surface area contributed by atoms with Gasteiger partial charge < -0.3 is 4.74 Å². The Balaban J connectivity index is 2.91. The summed E-state index contributed by atoms with van der Waals surface area (Å²) < 4.78 is 6.18. The van der Waals surface area contributed by atoms with Gasteiger partial charge in [0.25, 0.3) is 0 Å². The van der Waals surface area contributed by atoms with Gasteiger partial charge in [-0.05, 0) is 31.5 Å². The second-order valence-corrected chi connectivity index (χ2v) is 4.35. The molecule has 0 aliphatic carbocycles. The van der Waals surface area contributed by atoms with Crippen molar-refractivity contribution >= 4 is 33.3 Å². The Morgan fingerprint density at radius 3 is 2.71 bits per heavy atom. The molecule has 0 saturated carbocycles. The SMILES string of the molecule is CC(=O)COc1c(C)cc(Br)cc1Cl. The Morgan fingerprint density at radius 2 is 2.21 bits per heavy atom. The highest BCUT2D eigenvalue weighted by Crippen LogP contribution is 2.31. The third kappa shape index (κ3) is 3.00. The van der Waals surface area contributed by atoms with Crippen LogP contribution in [0, 0.1) is 6.92 Å². The highest BCUT2D eigenvalue weighted by atomic mass is 79.9. The summed E-state index contributed by atoms with van der Waals surface area (Å²) in [5, 5.41) is 0.512. The molecule has 76 valence electrons. The van der Waals surface area contributed by atoms with Gasteiger partial charge in [-0.25, -0.2) is 0 Å². The molecule has 1 aromatic carbocycles. The number of hydrogen-bond acceptors (Lipinski definition) is 2. The average molecular weight is 278 g/mol. The number of ketones is 1. The molecule has 0 aromatic heterocycles. The quantitative estimate of drug-likeness (QED) is 0.846. The zero-order valence-electron chi connectivity index (χ0n) is 7.93. The molecule has 0 fully saturated rings. The van der Waals surface area contributed by atoms with E-state index in [1.54, 1.807) is 6.07 Å². The van der Waals surface area contributed by atoms with Crippen molar-refractivity contribution in [1.82, 2.24) is 0 Å². The first-order chi connectivity index (χ1) is 6.50. The number of hydrogen-bond donors (Lipinski definition) is 0. The molecule has 0 atom stereocenters. The fourth-order valence-corrected chi connectivity index (χ4v) is 2.07. The van der Waals surface area contributed by atoms with E-state index in [2.05, 4.69) is 15.9 Å². The molecular weight excluding hydrogens is 267 g/mol. The first kappa shape index (κ1) is 11.5. The number of carbonyl (C=O) groups excluding carboxylic acids is 1. The van der Waals surface area contributed by atoms with Crippen molar-refractivity contribution in [3.63, 3.8) is 0 Å². The molecule has 1 aromatic rings. The van der Waals surface area contributed by atoms with Gasteiger partial charge in [0.2, 0.25) is 0 Å². The predicted molar refractivity (Wildman–Crippen MR) is 60.1 cm³/mol. The van der Waals surface area contributed by atoms with Crippen molar-refractivity contribution < 1.29 is 9.53 Å². The topological polar surface area (TPSA) is 26.3 Å². The molecule has 4 heteroatoms. The van der Waals surface area contributed by atoms with Crippen LogP contribution in [0.5, 0.6) is 5.75 Å². The Morgan fingerprint density at radius 1 is 1.57 bits per heavy atom. The fourth-order valence-electron chi connectivity index (χ4n) is 1.05. The Labute approximate surface area is 96.3 Å². The largest absolute Gasteiger partial charge is 0.484 e. The number of carbonyl (C=O) groups is 1. The minimum atomic E-state index is -0.0246. The molecule has 1 rings (SSSR count). The van der Waals surface area contributed by atoms with Gasteiger partial charge in [0.05, 0.1) is 5.02 Å². The van der Waals surface area contributed by atoms with Crippen molar-refractivity contribution in [2.75, 3.05) is 6.61 Å². The lowest BCUT2D eigenvalue weighted by atomic mass is 10.2. The summed E-state index contributed by atoms with van der Waals surface area (Å²) in [6.45, 7) is 3.41. The number of ether oxygens (including phenoxy) is 1. The number of halogens is 2. The lowest BCUT2D eigenvalue weighted by Crippen LogP contribution is -2.07. The van der Waals surface area contributed by atoms with E-state index in [9.17, 15) is 4.79 Å². The maximum Gasteiger partial charge on any atom is 0.167 e. The monoisotopic (exact) mass is 276 g/mol.